The number of aryl methyl sites for hydroxylation is 1. The zero-order chi connectivity index (χ0) is 20.4. The average molecular weight is 402 g/mol. The van der Waals surface area contributed by atoms with E-state index in [4.69, 9.17) is 0 Å². The number of alkyl halides is 6. The van der Waals surface area contributed by atoms with E-state index in [1.165, 1.54) is 7.05 Å². The van der Waals surface area contributed by atoms with Crippen molar-refractivity contribution in [1.29, 1.82) is 0 Å². The molecular weight excluding hydrogens is 386 g/mol. The van der Waals surface area contributed by atoms with E-state index >= 15 is 0 Å². The Balaban J connectivity index is 1.97. The molecular formula is C14H16F6N4O3. The van der Waals surface area contributed by atoms with Crippen molar-refractivity contribution in [3.05, 3.63) is 17.5 Å². The minimum absolute atomic E-state index is 0.123. The third-order valence-corrected chi connectivity index (χ3v) is 3.81. The zero-order valence-electron chi connectivity index (χ0n) is 14.0. The van der Waals surface area contributed by atoms with Gasteiger partial charge in [0.2, 0.25) is 0 Å². The molecule has 1 N–H and O–H groups in total. The highest BCUT2D eigenvalue weighted by Gasteiger charge is 2.39. The van der Waals surface area contributed by atoms with Crippen molar-refractivity contribution in [3.63, 3.8) is 0 Å². The first-order valence-electron chi connectivity index (χ1n) is 7.77. The molecule has 152 valence electrons. The van der Waals surface area contributed by atoms with Crippen LogP contribution in [0.2, 0.25) is 0 Å². The van der Waals surface area contributed by atoms with Crippen LogP contribution in [0.4, 0.5) is 31.1 Å². The first-order valence-corrected chi connectivity index (χ1v) is 7.77. The van der Waals surface area contributed by atoms with Gasteiger partial charge in [-0.1, -0.05) is 0 Å². The molecule has 1 aromatic heterocycles. The SMILES string of the molecule is Cn1cc(C(=O)NCC2CCCN2C(=O)OCC(F)(F)F)c(C(F)(F)F)n1. The molecule has 2 rings (SSSR count). The van der Waals surface area contributed by atoms with Crippen LogP contribution in [-0.2, 0) is 18.0 Å². The van der Waals surface area contributed by atoms with Gasteiger partial charge in [-0.25, -0.2) is 4.79 Å². The number of nitrogens with zero attached hydrogens (tertiary/aromatic N) is 3. The smallest absolute Gasteiger partial charge is 0.435 e. The minimum atomic E-state index is -4.82. The number of ether oxygens (including phenoxy) is 1. The third-order valence-electron chi connectivity index (χ3n) is 3.81. The number of nitrogens with one attached hydrogen (secondary N) is 1. The van der Waals surface area contributed by atoms with E-state index in [1.54, 1.807) is 0 Å². The van der Waals surface area contributed by atoms with Crippen LogP contribution < -0.4 is 5.32 Å². The fourth-order valence-electron chi connectivity index (χ4n) is 2.68. The number of halogens is 6. The molecule has 0 saturated carbocycles. The van der Waals surface area contributed by atoms with Crippen molar-refractivity contribution in [2.45, 2.75) is 31.2 Å². The predicted molar refractivity (Wildman–Crippen MR) is 77.7 cm³/mol. The largest absolute Gasteiger partial charge is 0.440 e. The molecule has 13 heteroatoms. The number of rotatable bonds is 4. The zero-order valence-corrected chi connectivity index (χ0v) is 14.0. The maximum atomic E-state index is 12.9. The van der Waals surface area contributed by atoms with Crippen LogP contribution in [0.5, 0.6) is 0 Å². The van der Waals surface area contributed by atoms with Gasteiger partial charge < -0.3 is 15.0 Å². The molecule has 1 aromatic rings. The topological polar surface area (TPSA) is 76.5 Å². The number of hydrogen-bond acceptors (Lipinski definition) is 4. The van der Waals surface area contributed by atoms with Crippen molar-refractivity contribution in [2.24, 2.45) is 7.05 Å². The Morgan fingerprint density at radius 3 is 2.56 bits per heavy atom. The van der Waals surface area contributed by atoms with Gasteiger partial charge in [0.1, 0.15) is 0 Å². The Morgan fingerprint density at radius 1 is 1.30 bits per heavy atom. The molecule has 1 saturated heterocycles. The number of carbonyl (C=O) groups is 2. The molecule has 1 unspecified atom stereocenters. The van der Waals surface area contributed by atoms with E-state index in [-0.39, 0.29) is 13.1 Å². The van der Waals surface area contributed by atoms with Crippen molar-refractivity contribution in [2.75, 3.05) is 19.7 Å². The molecule has 0 bridgehead atoms. The maximum Gasteiger partial charge on any atom is 0.435 e. The Bertz CT molecular complexity index is 700. The van der Waals surface area contributed by atoms with Crippen LogP contribution in [0.15, 0.2) is 6.20 Å². The molecule has 2 heterocycles. The first kappa shape index (κ1) is 20.8. The summed E-state index contributed by atoms with van der Waals surface area (Å²) in [7, 11) is 1.22. The summed E-state index contributed by atoms with van der Waals surface area (Å²) in [4.78, 5) is 24.8. The molecule has 27 heavy (non-hydrogen) atoms. The quantitative estimate of drug-likeness (QED) is 0.785. The second-order valence-corrected chi connectivity index (χ2v) is 5.93. The fourth-order valence-corrected chi connectivity index (χ4v) is 2.68. The van der Waals surface area contributed by atoms with Crippen LogP contribution in [0, 0.1) is 0 Å². The lowest BCUT2D eigenvalue weighted by atomic mass is 10.2. The lowest BCUT2D eigenvalue weighted by molar-refractivity contribution is -0.162. The van der Waals surface area contributed by atoms with Crippen LogP contribution >= 0.6 is 0 Å². The summed E-state index contributed by atoms with van der Waals surface area (Å²) in [5.74, 6) is -1.05. The van der Waals surface area contributed by atoms with E-state index in [9.17, 15) is 35.9 Å². The highest BCUT2D eigenvalue weighted by atomic mass is 19.4. The summed E-state index contributed by atoms with van der Waals surface area (Å²) in [6.07, 6.45) is -8.96. The van der Waals surface area contributed by atoms with Gasteiger partial charge in [0.15, 0.2) is 12.3 Å². The number of amides is 2. The van der Waals surface area contributed by atoms with Crippen LogP contribution in [-0.4, -0.2) is 58.6 Å². The van der Waals surface area contributed by atoms with Crippen molar-refractivity contribution >= 4 is 12.0 Å². The van der Waals surface area contributed by atoms with Crippen molar-refractivity contribution in [1.82, 2.24) is 20.0 Å². The highest BCUT2D eigenvalue weighted by Crippen LogP contribution is 2.30. The number of likely N-dealkylation sites (tertiary alicyclic amines) is 1. The first-order chi connectivity index (χ1) is 12.4. The monoisotopic (exact) mass is 402 g/mol. The predicted octanol–water partition coefficient (Wildman–Crippen LogP) is 2.33. The van der Waals surface area contributed by atoms with Gasteiger partial charge in [-0.05, 0) is 12.8 Å². The van der Waals surface area contributed by atoms with Gasteiger partial charge >= 0.3 is 18.4 Å². The van der Waals surface area contributed by atoms with Crippen LogP contribution in [0.25, 0.3) is 0 Å². The standard InChI is InChI=1S/C14H16F6N4O3/c1-23-6-9(10(22-23)14(18,19)20)11(25)21-5-8-3-2-4-24(8)12(26)27-7-13(15,16)17/h6,8H,2-5,7H2,1H3,(H,21,25). The van der Waals surface area contributed by atoms with Gasteiger partial charge in [0.05, 0.1) is 11.6 Å². The van der Waals surface area contributed by atoms with E-state index in [0.717, 1.165) is 15.8 Å². The van der Waals surface area contributed by atoms with E-state index in [0.29, 0.717) is 12.8 Å². The lowest BCUT2D eigenvalue weighted by Crippen LogP contribution is -2.44. The average Bonchev–Trinajstić information content (AvgIpc) is 3.15. The Labute approximate surface area is 149 Å². The molecule has 1 fully saturated rings. The molecule has 1 aliphatic heterocycles. The number of hydrogen-bond donors (Lipinski definition) is 1. The maximum absolute atomic E-state index is 12.9. The van der Waals surface area contributed by atoms with Crippen molar-refractivity contribution < 1.29 is 40.7 Å². The second kappa shape index (κ2) is 7.64. The molecule has 0 spiro atoms. The summed E-state index contributed by atoms with van der Waals surface area (Å²) in [6, 6.07) is -0.680. The Morgan fingerprint density at radius 2 is 1.96 bits per heavy atom. The van der Waals surface area contributed by atoms with E-state index < -0.39 is 48.3 Å². The molecule has 0 radical (unpaired) electrons. The van der Waals surface area contributed by atoms with Crippen molar-refractivity contribution in [3.8, 4) is 0 Å². The third kappa shape index (κ3) is 5.50. The molecule has 0 aromatic carbocycles. The summed E-state index contributed by atoms with van der Waals surface area (Å²) in [5, 5.41) is 5.47. The Kier molecular flexibility index (Phi) is 5.90. The van der Waals surface area contributed by atoms with Gasteiger partial charge in [0.25, 0.3) is 5.91 Å². The molecule has 2 amide bonds. The molecule has 1 aliphatic rings. The fraction of sp³-hybridized carbons (Fsp3) is 0.643. The van der Waals surface area contributed by atoms with Crippen LogP contribution in [0.3, 0.4) is 0 Å². The van der Waals surface area contributed by atoms with Gasteiger partial charge in [-0.3, -0.25) is 9.48 Å². The molecule has 0 aliphatic carbocycles. The van der Waals surface area contributed by atoms with E-state index in [1.807, 2.05) is 0 Å². The lowest BCUT2D eigenvalue weighted by Gasteiger charge is -2.24. The van der Waals surface area contributed by atoms with Gasteiger partial charge in [-0.15, -0.1) is 0 Å². The normalized spacial score (nSPS) is 17.9. The van der Waals surface area contributed by atoms with Crippen LogP contribution in [0.1, 0.15) is 28.9 Å². The van der Waals surface area contributed by atoms with E-state index in [2.05, 4.69) is 15.2 Å². The molecule has 1 atom stereocenters. The highest BCUT2D eigenvalue weighted by molar-refractivity contribution is 5.95. The Hall–Kier alpha value is -2.47. The number of carbonyl (C=O) groups excluding carboxylic acids is 2. The van der Waals surface area contributed by atoms with Gasteiger partial charge in [0, 0.05) is 26.3 Å². The minimum Gasteiger partial charge on any atom is -0.440 e. The summed E-state index contributed by atoms with van der Waals surface area (Å²) in [6.45, 7) is -1.85. The number of aromatic nitrogens is 2. The van der Waals surface area contributed by atoms with Gasteiger partial charge in [-0.2, -0.15) is 31.4 Å². The summed E-state index contributed by atoms with van der Waals surface area (Å²) < 4.78 is 80.1. The summed E-state index contributed by atoms with van der Waals surface area (Å²) >= 11 is 0. The molecule has 7 nitrogen and oxygen atoms in total. The second-order valence-electron chi connectivity index (χ2n) is 5.93. The summed E-state index contributed by atoms with van der Waals surface area (Å²) in [5.41, 5.74) is -2.04.